The third kappa shape index (κ3) is 2.39. The molecule has 0 saturated heterocycles. The minimum Gasteiger partial charge on any atom is -0.170 e. The van der Waals surface area contributed by atoms with E-state index in [-0.39, 0.29) is 6.92 Å². The van der Waals surface area contributed by atoms with Gasteiger partial charge in [-0.2, -0.15) is 26.3 Å². The van der Waals surface area contributed by atoms with E-state index in [9.17, 15) is 26.3 Å². The first kappa shape index (κ1) is 14.6. The van der Waals surface area contributed by atoms with E-state index in [0.717, 1.165) is 6.92 Å². The Bertz CT molecular complexity index is 198. The van der Waals surface area contributed by atoms with E-state index >= 15 is 0 Å². The van der Waals surface area contributed by atoms with Crippen LogP contribution in [0.2, 0.25) is 0 Å². The number of alkyl halides is 6. The molecule has 15 heavy (non-hydrogen) atoms. The molecule has 0 aromatic heterocycles. The standard InChI is InChI=1S/C9H14F6/c1-5(2)6(3)7(4,8(10,11)12)9(13,14)15/h5-6H,1-4H3/t6-/m0/s1. The largest absolute Gasteiger partial charge is 0.403 e. The maximum absolute atomic E-state index is 12.5. The highest BCUT2D eigenvalue weighted by Crippen LogP contribution is 2.56. The molecule has 0 aliphatic heterocycles. The summed E-state index contributed by atoms with van der Waals surface area (Å²) in [5, 5.41) is 0. The summed E-state index contributed by atoms with van der Waals surface area (Å²) >= 11 is 0. The molecule has 92 valence electrons. The van der Waals surface area contributed by atoms with Gasteiger partial charge in [-0.15, -0.1) is 0 Å². The molecule has 0 unspecified atom stereocenters. The van der Waals surface area contributed by atoms with Crippen LogP contribution in [-0.4, -0.2) is 12.4 Å². The molecular weight excluding hydrogens is 222 g/mol. The van der Waals surface area contributed by atoms with Crippen LogP contribution in [-0.2, 0) is 0 Å². The number of halogens is 6. The van der Waals surface area contributed by atoms with Crippen LogP contribution < -0.4 is 0 Å². The van der Waals surface area contributed by atoms with Crippen LogP contribution in [0.15, 0.2) is 0 Å². The smallest absolute Gasteiger partial charge is 0.170 e. The zero-order valence-corrected chi connectivity index (χ0v) is 8.92. The first-order valence-electron chi connectivity index (χ1n) is 4.49. The second-order valence-corrected chi connectivity index (χ2v) is 4.23. The lowest BCUT2D eigenvalue weighted by molar-refractivity contribution is -0.353. The van der Waals surface area contributed by atoms with Crippen LogP contribution in [0.1, 0.15) is 27.7 Å². The van der Waals surface area contributed by atoms with E-state index in [1.807, 2.05) is 0 Å². The lowest BCUT2D eigenvalue weighted by Gasteiger charge is -2.40. The number of hydrogen-bond acceptors (Lipinski definition) is 0. The van der Waals surface area contributed by atoms with Gasteiger partial charge in [0.15, 0.2) is 5.41 Å². The van der Waals surface area contributed by atoms with E-state index in [0.29, 0.717) is 0 Å². The Morgan fingerprint density at radius 2 is 1.00 bits per heavy atom. The third-order valence-electron chi connectivity index (χ3n) is 3.09. The summed E-state index contributed by atoms with van der Waals surface area (Å²) in [6.07, 6.45) is -10.6. The molecule has 0 heterocycles. The van der Waals surface area contributed by atoms with Gasteiger partial charge in [0.05, 0.1) is 0 Å². The third-order valence-corrected chi connectivity index (χ3v) is 3.09. The Morgan fingerprint density at radius 1 is 0.733 bits per heavy atom. The van der Waals surface area contributed by atoms with E-state index in [1.165, 1.54) is 13.8 Å². The second-order valence-electron chi connectivity index (χ2n) is 4.23. The van der Waals surface area contributed by atoms with Crippen LogP contribution in [0.5, 0.6) is 0 Å². The van der Waals surface area contributed by atoms with Crippen LogP contribution in [0.4, 0.5) is 26.3 Å². The van der Waals surface area contributed by atoms with Gasteiger partial charge in [0.25, 0.3) is 0 Å². The van der Waals surface area contributed by atoms with Gasteiger partial charge in [0.1, 0.15) is 0 Å². The predicted molar refractivity (Wildman–Crippen MR) is 44.2 cm³/mol. The summed E-state index contributed by atoms with van der Waals surface area (Å²) in [7, 11) is 0. The summed E-state index contributed by atoms with van der Waals surface area (Å²) in [6.45, 7) is 3.89. The zero-order valence-electron chi connectivity index (χ0n) is 8.92. The topological polar surface area (TPSA) is 0 Å². The molecule has 0 fully saturated rings. The molecule has 0 aromatic rings. The van der Waals surface area contributed by atoms with Crippen molar-refractivity contribution in [3.05, 3.63) is 0 Å². The Kier molecular flexibility index (Phi) is 3.76. The molecule has 0 aromatic carbocycles. The highest BCUT2D eigenvalue weighted by Gasteiger charge is 2.69. The van der Waals surface area contributed by atoms with Crippen molar-refractivity contribution in [2.75, 3.05) is 0 Å². The van der Waals surface area contributed by atoms with Crippen molar-refractivity contribution < 1.29 is 26.3 Å². The fourth-order valence-electron chi connectivity index (χ4n) is 1.34. The van der Waals surface area contributed by atoms with Gasteiger partial charge in [-0.3, -0.25) is 0 Å². The van der Waals surface area contributed by atoms with Gasteiger partial charge in [-0.1, -0.05) is 20.8 Å². The maximum atomic E-state index is 12.5. The van der Waals surface area contributed by atoms with Gasteiger partial charge >= 0.3 is 12.4 Å². The van der Waals surface area contributed by atoms with Gasteiger partial charge in [-0.05, 0) is 18.8 Å². The van der Waals surface area contributed by atoms with Gasteiger partial charge in [0.2, 0.25) is 0 Å². The predicted octanol–water partition coefficient (Wildman–Crippen LogP) is 4.41. The van der Waals surface area contributed by atoms with Gasteiger partial charge in [0, 0.05) is 0 Å². The average Bonchev–Trinajstić information content (AvgIpc) is 1.96. The first-order chi connectivity index (χ1) is 6.35. The molecule has 0 bridgehead atoms. The second kappa shape index (κ2) is 3.87. The highest BCUT2D eigenvalue weighted by atomic mass is 19.4. The van der Waals surface area contributed by atoms with Crippen molar-refractivity contribution in [3.63, 3.8) is 0 Å². The normalized spacial score (nSPS) is 17.0. The average molecular weight is 236 g/mol. The molecule has 0 aliphatic carbocycles. The molecule has 0 rings (SSSR count). The fraction of sp³-hybridized carbons (Fsp3) is 1.00. The minimum atomic E-state index is -5.28. The highest BCUT2D eigenvalue weighted by molar-refractivity contribution is 4.94. The molecule has 0 amide bonds. The SMILES string of the molecule is CC(C)[C@H](C)C(C)(C(F)(F)F)C(F)(F)F. The van der Waals surface area contributed by atoms with E-state index in [1.54, 1.807) is 0 Å². The lowest BCUT2D eigenvalue weighted by atomic mass is 9.71. The molecular formula is C9H14F6. The molecule has 0 nitrogen and oxygen atoms in total. The van der Waals surface area contributed by atoms with Crippen LogP contribution in [0.25, 0.3) is 0 Å². The lowest BCUT2D eigenvalue weighted by Crippen LogP contribution is -2.53. The first-order valence-corrected chi connectivity index (χ1v) is 4.49. The molecule has 0 saturated carbocycles. The Hall–Kier alpha value is -0.420. The van der Waals surface area contributed by atoms with E-state index in [4.69, 9.17) is 0 Å². The van der Waals surface area contributed by atoms with E-state index in [2.05, 4.69) is 0 Å². The number of rotatable bonds is 2. The molecule has 6 heteroatoms. The summed E-state index contributed by atoms with van der Waals surface area (Å²) < 4.78 is 74.9. The summed E-state index contributed by atoms with van der Waals surface area (Å²) in [5.74, 6) is -2.21. The molecule has 0 spiro atoms. The van der Waals surface area contributed by atoms with Crippen molar-refractivity contribution >= 4 is 0 Å². The quantitative estimate of drug-likeness (QED) is 0.623. The van der Waals surface area contributed by atoms with Crippen molar-refractivity contribution in [2.45, 2.75) is 40.0 Å². The van der Waals surface area contributed by atoms with Crippen molar-refractivity contribution in [3.8, 4) is 0 Å². The van der Waals surface area contributed by atoms with Crippen molar-refractivity contribution in [1.29, 1.82) is 0 Å². The summed E-state index contributed by atoms with van der Waals surface area (Å²) in [5.41, 5.74) is -3.64. The number of hydrogen-bond donors (Lipinski definition) is 0. The van der Waals surface area contributed by atoms with Gasteiger partial charge < -0.3 is 0 Å². The Morgan fingerprint density at radius 3 is 1.07 bits per heavy atom. The van der Waals surface area contributed by atoms with Gasteiger partial charge in [-0.25, -0.2) is 0 Å². The summed E-state index contributed by atoms with van der Waals surface area (Å²) in [6, 6.07) is 0. The maximum Gasteiger partial charge on any atom is 0.403 e. The fourth-order valence-corrected chi connectivity index (χ4v) is 1.34. The zero-order chi connectivity index (χ0) is 12.7. The Labute approximate surface area is 84.7 Å². The summed E-state index contributed by atoms with van der Waals surface area (Å²) in [4.78, 5) is 0. The van der Waals surface area contributed by atoms with Crippen molar-refractivity contribution in [1.82, 2.24) is 0 Å². The van der Waals surface area contributed by atoms with E-state index < -0.39 is 29.6 Å². The van der Waals surface area contributed by atoms with Crippen LogP contribution >= 0.6 is 0 Å². The minimum absolute atomic E-state index is 0.220. The molecule has 0 N–H and O–H groups in total. The Balaban J connectivity index is 5.43. The monoisotopic (exact) mass is 236 g/mol. The molecule has 0 aliphatic rings. The van der Waals surface area contributed by atoms with Crippen molar-refractivity contribution in [2.24, 2.45) is 17.3 Å². The van der Waals surface area contributed by atoms with Crippen LogP contribution in [0, 0.1) is 17.3 Å². The van der Waals surface area contributed by atoms with Crippen LogP contribution in [0.3, 0.4) is 0 Å². The molecule has 0 radical (unpaired) electrons. The molecule has 1 atom stereocenters.